The topological polar surface area (TPSA) is 47.9 Å². The lowest BCUT2D eigenvalue weighted by Gasteiger charge is -2.16. The van der Waals surface area contributed by atoms with Gasteiger partial charge in [0.2, 0.25) is 5.90 Å². The maximum absolute atomic E-state index is 12.2. The molecule has 4 nitrogen and oxygen atoms in total. The molecule has 0 spiro atoms. The van der Waals surface area contributed by atoms with E-state index in [0.29, 0.717) is 10.6 Å². The summed E-state index contributed by atoms with van der Waals surface area (Å²) in [5.41, 5.74) is 1.70. The van der Waals surface area contributed by atoms with E-state index >= 15 is 0 Å². The summed E-state index contributed by atoms with van der Waals surface area (Å²) in [4.78, 5) is 16.5. The summed E-state index contributed by atoms with van der Waals surface area (Å²) in [7, 11) is 0. The van der Waals surface area contributed by atoms with Crippen molar-refractivity contribution in [2.24, 2.45) is 4.99 Å². The predicted molar refractivity (Wildman–Crippen MR) is 124 cm³/mol. The van der Waals surface area contributed by atoms with Gasteiger partial charge < -0.3 is 9.47 Å². The first kappa shape index (κ1) is 20.6. The molecule has 2 aromatic rings. The van der Waals surface area contributed by atoms with Crippen molar-refractivity contribution in [2.75, 3.05) is 0 Å². The number of halogens is 3. The fourth-order valence-corrected chi connectivity index (χ4v) is 4.66. The van der Waals surface area contributed by atoms with Gasteiger partial charge in [-0.2, -0.15) is 0 Å². The molecule has 140 valence electrons. The number of aliphatic imine (C=N–C) groups is 1. The molecule has 0 aromatic heterocycles. The van der Waals surface area contributed by atoms with Crippen molar-refractivity contribution >= 4 is 74.7 Å². The summed E-state index contributed by atoms with van der Waals surface area (Å²) in [6.45, 7) is 4.13. The third kappa shape index (κ3) is 4.83. The lowest BCUT2D eigenvalue weighted by Crippen LogP contribution is -2.11. The van der Waals surface area contributed by atoms with Crippen LogP contribution in [-0.2, 0) is 9.53 Å². The molecule has 1 atom stereocenters. The van der Waals surface area contributed by atoms with Crippen LogP contribution in [0.2, 0.25) is 5.02 Å². The molecule has 27 heavy (non-hydrogen) atoms. The van der Waals surface area contributed by atoms with Crippen LogP contribution in [0.4, 0.5) is 0 Å². The normalized spacial score (nSPS) is 16.3. The molecule has 2 aromatic carbocycles. The Morgan fingerprint density at radius 1 is 1.26 bits per heavy atom. The van der Waals surface area contributed by atoms with E-state index in [1.54, 1.807) is 18.2 Å². The molecule has 0 amide bonds. The summed E-state index contributed by atoms with van der Waals surface area (Å²) >= 11 is 10.6. The van der Waals surface area contributed by atoms with Crippen molar-refractivity contribution in [3.05, 3.63) is 65.4 Å². The SMILES string of the molecule is CCC(C)Oc1c(I)cc(/C=C2\N=C(c3ccccc3Cl)OC2=O)cc1I. The summed E-state index contributed by atoms with van der Waals surface area (Å²) in [5, 5.41) is 0.487. The molecule has 0 N–H and O–H groups in total. The van der Waals surface area contributed by atoms with E-state index in [4.69, 9.17) is 21.1 Å². The van der Waals surface area contributed by atoms with Gasteiger partial charge in [-0.1, -0.05) is 30.7 Å². The van der Waals surface area contributed by atoms with Crippen LogP contribution in [0.1, 0.15) is 31.4 Å². The van der Waals surface area contributed by atoms with Gasteiger partial charge in [0.1, 0.15) is 5.75 Å². The molecule has 1 unspecified atom stereocenters. The summed E-state index contributed by atoms with van der Waals surface area (Å²) in [5.74, 6) is 0.592. The molecule has 3 rings (SSSR count). The quantitative estimate of drug-likeness (QED) is 0.236. The van der Waals surface area contributed by atoms with Gasteiger partial charge in [-0.25, -0.2) is 9.79 Å². The number of carbonyl (C=O) groups is 1. The summed E-state index contributed by atoms with van der Waals surface area (Å²) < 4.78 is 13.2. The number of rotatable bonds is 5. The monoisotopic (exact) mass is 607 g/mol. The smallest absolute Gasteiger partial charge is 0.363 e. The van der Waals surface area contributed by atoms with Crippen LogP contribution in [0.5, 0.6) is 5.75 Å². The van der Waals surface area contributed by atoms with E-state index in [-0.39, 0.29) is 17.7 Å². The van der Waals surface area contributed by atoms with E-state index in [1.165, 1.54) is 0 Å². The van der Waals surface area contributed by atoms with Gasteiger partial charge in [0.15, 0.2) is 5.70 Å². The van der Waals surface area contributed by atoms with Crippen LogP contribution >= 0.6 is 56.8 Å². The Bertz CT molecular complexity index is 933. The predicted octanol–water partition coefficient (Wildman–Crippen LogP) is 6.07. The fourth-order valence-electron chi connectivity index (χ4n) is 2.38. The van der Waals surface area contributed by atoms with E-state index < -0.39 is 5.97 Å². The van der Waals surface area contributed by atoms with Crippen molar-refractivity contribution in [1.82, 2.24) is 0 Å². The van der Waals surface area contributed by atoms with Gasteiger partial charge >= 0.3 is 5.97 Å². The van der Waals surface area contributed by atoms with Crippen molar-refractivity contribution in [3.63, 3.8) is 0 Å². The third-order valence-electron chi connectivity index (χ3n) is 3.94. The highest BCUT2D eigenvalue weighted by Crippen LogP contribution is 2.32. The molecule has 1 heterocycles. The Kier molecular flexibility index (Phi) is 6.80. The lowest BCUT2D eigenvalue weighted by atomic mass is 10.2. The van der Waals surface area contributed by atoms with Crippen molar-refractivity contribution < 1.29 is 14.3 Å². The van der Waals surface area contributed by atoms with E-state index in [0.717, 1.165) is 24.9 Å². The highest BCUT2D eigenvalue weighted by molar-refractivity contribution is 14.1. The highest BCUT2D eigenvalue weighted by Gasteiger charge is 2.25. The van der Waals surface area contributed by atoms with E-state index in [1.807, 2.05) is 31.2 Å². The number of ether oxygens (including phenoxy) is 2. The average molecular weight is 608 g/mol. The first-order valence-corrected chi connectivity index (χ1v) is 10.9. The first-order valence-electron chi connectivity index (χ1n) is 8.32. The number of esters is 1. The Morgan fingerprint density at radius 2 is 1.93 bits per heavy atom. The van der Waals surface area contributed by atoms with Crippen molar-refractivity contribution in [3.8, 4) is 5.75 Å². The van der Waals surface area contributed by atoms with Crippen LogP contribution in [-0.4, -0.2) is 18.0 Å². The van der Waals surface area contributed by atoms with Crippen LogP contribution in [0, 0.1) is 7.14 Å². The molecular formula is C20H16ClI2NO3. The largest absolute Gasteiger partial charge is 0.489 e. The zero-order chi connectivity index (χ0) is 19.6. The van der Waals surface area contributed by atoms with Gasteiger partial charge in [-0.15, -0.1) is 0 Å². The van der Waals surface area contributed by atoms with Crippen LogP contribution < -0.4 is 4.74 Å². The number of cyclic esters (lactones) is 1. The highest BCUT2D eigenvalue weighted by atomic mass is 127. The second kappa shape index (κ2) is 8.91. The van der Waals surface area contributed by atoms with Crippen molar-refractivity contribution in [2.45, 2.75) is 26.4 Å². The van der Waals surface area contributed by atoms with Gasteiger partial charge in [0.25, 0.3) is 0 Å². The standard InChI is InChI=1S/C20H16ClI2NO3/c1-3-11(2)26-18-15(22)8-12(9-16(18)23)10-17-20(25)27-19(24-17)13-6-4-5-7-14(13)21/h4-11H,3H2,1-2H3/b17-10-. The number of nitrogens with zero attached hydrogens (tertiary/aromatic N) is 1. The van der Waals surface area contributed by atoms with Gasteiger partial charge in [0.05, 0.1) is 23.8 Å². The average Bonchev–Trinajstić information content (AvgIpc) is 2.98. The van der Waals surface area contributed by atoms with Gasteiger partial charge in [-0.3, -0.25) is 0 Å². The van der Waals surface area contributed by atoms with Gasteiger partial charge in [-0.05, 0) is 94.4 Å². The number of benzene rings is 2. The number of hydrogen-bond donors (Lipinski definition) is 0. The Morgan fingerprint density at radius 3 is 2.56 bits per heavy atom. The molecule has 0 bridgehead atoms. The zero-order valence-corrected chi connectivity index (χ0v) is 19.7. The molecule has 0 aliphatic carbocycles. The van der Waals surface area contributed by atoms with Gasteiger partial charge in [0, 0.05) is 0 Å². The molecule has 0 fully saturated rings. The maximum atomic E-state index is 12.2. The minimum absolute atomic E-state index is 0.142. The second-order valence-electron chi connectivity index (χ2n) is 5.97. The lowest BCUT2D eigenvalue weighted by molar-refractivity contribution is -0.129. The van der Waals surface area contributed by atoms with E-state index in [9.17, 15) is 4.79 Å². The Balaban J connectivity index is 1.92. The third-order valence-corrected chi connectivity index (χ3v) is 5.87. The first-order chi connectivity index (χ1) is 12.9. The Labute approximate surface area is 190 Å². The van der Waals surface area contributed by atoms with Crippen LogP contribution in [0.25, 0.3) is 6.08 Å². The summed E-state index contributed by atoms with van der Waals surface area (Å²) in [6, 6.07) is 11.1. The molecule has 1 aliphatic heterocycles. The number of carbonyl (C=O) groups excluding carboxylic acids is 1. The van der Waals surface area contributed by atoms with Crippen LogP contribution in [0.3, 0.4) is 0 Å². The maximum Gasteiger partial charge on any atom is 0.363 e. The minimum Gasteiger partial charge on any atom is -0.489 e. The molecule has 0 radical (unpaired) electrons. The summed E-state index contributed by atoms with van der Waals surface area (Å²) in [6.07, 6.45) is 2.79. The molecule has 0 saturated carbocycles. The second-order valence-corrected chi connectivity index (χ2v) is 8.70. The minimum atomic E-state index is -0.491. The Hall–Kier alpha value is -1.13. The molecular weight excluding hydrogens is 591 g/mol. The molecule has 0 saturated heterocycles. The fraction of sp³-hybridized carbons (Fsp3) is 0.200. The van der Waals surface area contributed by atoms with Crippen LogP contribution in [0.15, 0.2) is 47.1 Å². The molecule has 1 aliphatic rings. The van der Waals surface area contributed by atoms with E-state index in [2.05, 4.69) is 57.1 Å². The number of hydrogen-bond acceptors (Lipinski definition) is 4. The zero-order valence-electron chi connectivity index (χ0n) is 14.6. The van der Waals surface area contributed by atoms with Crippen molar-refractivity contribution in [1.29, 1.82) is 0 Å². The molecule has 7 heteroatoms.